The molecule has 0 saturated carbocycles. The van der Waals surface area contributed by atoms with Gasteiger partial charge in [0.1, 0.15) is 6.04 Å². The average molecular weight is 393 g/mol. The topological polar surface area (TPSA) is 40.2 Å². The summed E-state index contributed by atoms with van der Waals surface area (Å²) in [5.41, 5.74) is 2.22. The van der Waals surface area contributed by atoms with E-state index in [1.165, 1.54) is 5.56 Å². The van der Waals surface area contributed by atoms with Gasteiger partial charge in [-0.2, -0.15) is 0 Å². The number of hydrogen-bond donors (Lipinski definition) is 1. The van der Waals surface area contributed by atoms with Gasteiger partial charge in [-0.3, -0.25) is 4.79 Å². The van der Waals surface area contributed by atoms with Crippen LogP contribution >= 0.6 is 23.2 Å². The number of halogens is 2. The molecule has 3 rings (SSSR count). The summed E-state index contributed by atoms with van der Waals surface area (Å²) in [6.45, 7) is 5.63. The first kappa shape index (κ1) is 19.0. The zero-order valence-electron chi connectivity index (χ0n) is 14.9. The lowest BCUT2D eigenvalue weighted by Gasteiger charge is -2.36. The van der Waals surface area contributed by atoms with Crippen molar-refractivity contribution in [3.63, 3.8) is 0 Å². The van der Waals surface area contributed by atoms with Crippen molar-refractivity contribution >= 4 is 34.8 Å². The molecule has 26 heavy (non-hydrogen) atoms. The molecule has 4 nitrogen and oxygen atoms in total. The van der Waals surface area contributed by atoms with Gasteiger partial charge < -0.3 is 15.1 Å². The Kier molecular flexibility index (Phi) is 6.41. The monoisotopic (exact) mass is 392 g/mol. The smallest absolute Gasteiger partial charge is 0.277 e. The number of carbonyl (C=O) groups is 1. The van der Waals surface area contributed by atoms with Gasteiger partial charge in [0.2, 0.25) is 0 Å². The van der Waals surface area contributed by atoms with Crippen LogP contribution in [0.2, 0.25) is 10.0 Å². The third kappa shape index (κ3) is 4.70. The number of benzene rings is 2. The molecule has 0 spiro atoms. The minimum atomic E-state index is 0.185. The highest BCUT2D eigenvalue weighted by Crippen LogP contribution is 2.25. The van der Waals surface area contributed by atoms with Crippen LogP contribution in [0.15, 0.2) is 48.5 Å². The number of piperazine rings is 1. The first-order chi connectivity index (χ1) is 12.5. The summed E-state index contributed by atoms with van der Waals surface area (Å²) in [5.74, 6) is 0.185. The Hall–Kier alpha value is -1.75. The number of nitrogens with two attached hydrogens (primary N) is 1. The van der Waals surface area contributed by atoms with E-state index in [2.05, 4.69) is 17.1 Å². The van der Waals surface area contributed by atoms with Crippen LogP contribution in [0.3, 0.4) is 0 Å². The number of carbonyl (C=O) groups excluding carboxylic acids is 1. The van der Waals surface area contributed by atoms with Crippen molar-refractivity contribution in [2.45, 2.75) is 13.0 Å². The van der Waals surface area contributed by atoms with E-state index in [1.807, 2.05) is 53.4 Å². The molecule has 2 aromatic carbocycles. The van der Waals surface area contributed by atoms with E-state index in [9.17, 15) is 4.79 Å². The average Bonchev–Trinajstić information content (AvgIpc) is 2.67. The van der Waals surface area contributed by atoms with Crippen LogP contribution < -0.4 is 10.2 Å². The SMILES string of the molecule is C[C@@H]([NH2+]CC(=O)N1CCN(c2ccccc2Cl)CC1)c1ccc(Cl)cc1. The molecular weight excluding hydrogens is 369 g/mol. The number of amides is 1. The second kappa shape index (κ2) is 8.76. The number of para-hydroxylation sites is 1. The van der Waals surface area contributed by atoms with Crippen LogP contribution in [0.5, 0.6) is 0 Å². The van der Waals surface area contributed by atoms with Crippen LogP contribution in [0.4, 0.5) is 5.69 Å². The van der Waals surface area contributed by atoms with Gasteiger partial charge in [0, 0.05) is 36.8 Å². The summed E-state index contributed by atoms with van der Waals surface area (Å²) in [7, 11) is 0. The maximum atomic E-state index is 12.5. The van der Waals surface area contributed by atoms with E-state index in [-0.39, 0.29) is 11.9 Å². The Labute approximate surface area is 164 Å². The Morgan fingerprint density at radius 2 is 1.69 bits per heavy atom. The Morgan fingerprint density at radius 1 is 1.04 bits per heavy atom. The van der Waals surface area contributed by atoms with Gasteiger partial charge in [-0.1, -0.05) is 47.5 Å². The Bertz CT molecular complexity index is 743. The number of rotatable bonds is 5. The summed E-state index contributed by atoms with van der Waals surface area (Å²) in [4.78, 5) is 16.7. The molecule has 1 fully saturated rings. The predicted molar refractivity (Wildman–Crippen MR) is 107 cm³/mol. The van der Waals surface area contributed by atoms with E-state index in [4.69, 9.17) is 23.2 Å². The lowest BCUT2D eigenvalue weighted by Crippen LogP contribution is -2.87. The van der Waals surface area contributed by atoms with Gasteiger partial charge in [-0.05, 0) is 31.2 Å². The fraction of sp³-hybridized carbons (Fsp3) is 0.350. The number of quaternary nitrogens is 1. The van der Waals surface area contributed by atoms with Crippen LogP contribution in [0.25, 0.3) is 0 Å². The number of hydrogen-bond acceptors (Lipinski definition) is 2. The van der Waals surface area contributed by atoms with Gasteiger partial charge in [0.15, 0.2) is 6.54 Å². The van der Waals surface area contributed by atoms with Crippen LogP contribution in [0.1, 0.15) is 18.5 Å². The highest BCUT2D eigenvalue weighted by Gasteiger charge is 2.23. The molecule has 2 aromatic rings. The zero-order valence-corrected chi connectivity index (χ0v) is 16.4. The van der Waals surface area contributed by atoms with Crippen molar-refractivity contribution in [3.8, 4) is 0 Å². The summed E-state index contributed by atoms with van der Waals surface area (Å²) in [6.07, 6.45) is 0. The molecule has 0 aliphatic carbocycles. The van der Waals surface area contributed by atoms with Gasteiger partial charge in [-0.25, -0.2) is 0 Å². The first-order valence-corrected chi connectivity index (χ1v) is 9.66. The third-order valence-corrected chi connectivity index (χ3v) is 5.44. The number of anilines is 1. The van der Waals surface area contributed by atoms with Gasteiger partial charge in [0.05, 0.1) is 10.7 Å². The molecular formula is C20H24Cl2N3O+. The molecule has 6 heteroatoms. The zero-order chi connectivity index (χ0) is 18.5. The molecule has 0 aromatic heterocycles. The fourth-order valence-electron chi connectivity index (χ4n) is 3.21. The van der Waals surface area contributed by atoms with Crippen LogP contribution in [-0.2, 0) is 4.79 Å². The standard InChI is InChI=1S/C20H23Cl2N3O/c1-15(16-6-8-17(21)9-7-16)23-14-20(26)25-12-10-24(11-13-25)19-5-3-2-4-18(19)22/h2-9,15,23H,10-14H2,1H3/p+1/t15-/m1/s1. The van der Waals surface area contributed by atoms with Crippen molar-refractivity contribution in [2.75, 3.05) is 37.6 Å². The summed E-state index contributed by atoms with van der Waals surface area (Å²) in [5, 5.41) is 3.57. The quantitative estimate of drug-likeness (QED) is 0.849. The van der Waals surface area contributed by atoms with E-state index in [0.717, 1.165) is 41.9 Å². The van der Waals surface area contributed by atoms with E-state index in [1.54, 1.807) is 0 Å². The maximum absolute atomic E-state index is 12.5. The molecule has 1 heterocycles. The van der Waals surface area contributed by atoms with Crippen LogP contribution in [0, 0.1) is 0 Å². The fourth-order valence-corrected chi connectivity index (χ4v) is 3.60. The molecule has 0 bridgehead atoms. The highest BCUT2D eigenvalue weighted by atomic mass is 35.5. The van der Waals surface area contributed by atoms with E-state index >= 15 is 0 Å². The van der Waals surface area contributed by atoms with Crippen molar-refractivity contribution in [1.82, 2.24) is 4.90 Å². The molecule has 0 radical (unpaired) electrons. The molecule has 2 N–H and O–H groups in total. The Morgan fingerprint density at radius 3 is 2.35 bits per heavy atom. The molecule has 1 aliphatic heterocycles. The molecule has 1 atom stereocenters. The third-order valence-electron chi connectivity index (χ3n) is 4.87. The number of nitrogens with zero attached hydrogens (tertiary/aromatic N) is 2. The lowest BCUT2D eigenvalue weighted by atomic mass is 10.1. The molecule has 1 saturated heterocycles. The summed E-state index contributed by atoms with van der Waals surface area (Å²) >= 11 is 12.2. The summed E-state index contributed by atoms with van der Waals surface area (Å²) < 4.78 is 0. The first-order valence-electron chi connectivity index (χ1n) is 8.90. The maximum Gasteiger partial charge on any atom is 0.277 e. The second-order valence-corrected chi connectivity index (χ2v) is 7.44. The van der Waals surface area contributed by atoms with Gasteiger partial charge in [-0.15, -0.1) is 0 Å². The highest BCUT2D eigenvalue weighted by molar-refractivity contribution is 6.33. The van der Waals surface area contributed by atoms with Gasteiger partial charge in [0.25, 0.3) is 5.91 Å². The van der Waals surface area contributed by atoms with Crippen molar-refractivity contribution in [3.05, 3.63) is 64.1 Å². The summed E-state index contributed by atoms with van der Waals surface area (Å²) in [6, 6.07) is 15.9. The molecule has 1 aliphatic rings. The Balaban J connectivity index is 1.48. The second-order valence-electron chi connectivity index (χ2n) is 6.60. The largest absolute Gasteiger partial charge is 0.367 e. The minimum Gasteiger partial charge on any atom is -0.367 e. The van der Waals surface area contributed by atoms with Crippen molar-refractivity contribution < 1.29 is 10.1 Å². The molecule has 138 valence electrons. The molecule has 1 amide bonds. The predicted octanol–water partition coefficient (Wildman–Crippen LogP) is 2.97. The minimum absolute atomic E-state index is 0.185. The van der Waals surface area contributed by atoms with Gasteiger partial charge >= 0.3 is 0 Å². The van der Waals surface area contributed by atoms with Crippen LogP contribution in [-0.4, -0.2) is 43.5 Å². The normalized spacial score (nSPS) is 15.8. The van der Waals surface area contributed by atoms with E-state index in [0.29, 0.717) is 6.54 Å². The van der Waals surface area contributed by atoms with Crippen molar-refractivity contribution in [2.24, 2.45) is 0 Å². The molecule has 0 unspecified atom stereocenters. The van der Waals surface area contributed by atoms with Crippen molar-refractivity contribution in [1.29, 1.82) is 0 Å². The van der Waals surface area contributed by atoms with E-state index < -0.39 is 0 Å². The lowest BCUT2D eigenvalue weighted by molar-refractivity contribution is -0.683.